The van der Waals surface area contributed by atoms with E-state index in [2.05, 4.69) is 5.32 Å². The minimum absolute atomic E-state index is 0.0138. The highest BCUT2D eigenvalue weighted by Crippen LogP contribution is 2.29. The fraction of sp³-hybridized carbons (Fsp3) is 0.800. The summed E-state index contributed by atoms with van der Waals surface area (Å²) in [6.07, 6.45) is 0.676. The molecule has 2 aliphatic heterocycles. The van der Waals surface area contributed by atoms with Crippen molar-refractivity contribution in [1.82, 2.24) is 5.32 Å². The van der Waals surface area contributed by atoms with Gasteiger partial charge in [0.15, 0.2) is 9.84 Å². The molecule has 8 heteroatoms. The summed E-state index contributed by atoms with van der Waals surface area (Å²) in [5, 5.41) is 11.8. The average Bonchev–Trinajstić information content (AvgIpc) is 2.85. The topological polar surface area (TPSA) is 101 Å². The van der Waals surface area contributed by atoms with Crippen LogP contribution in [0.2, 0.25) is 0 Å². The highest BCUT2D eigenvalue weighted by molar-refractivity contribution is 7.99. The van der Waals surface area contributed by atoms with Crippen LogP contribution in [0.3, 0.4) is 0 Å². The largest absolute Gasteiger partial charge is 0.479 e. The van der Waals surface area contributed by atoms with Crippen LogP contribution in [0.25, 0.3) is 0 Å². The lowest BCUT2D eigenvalue weighted by atomic mass is 9.97. The van der Waals surface area contributed by atoms with Gasteiger partial charge in [-0.05, 0) is 18.6 Å². The van der Waals surface area contributed by atoms with Gasteiger partial charge in [-0.2, -0.15) is 11.8 Å². The number of carboxylic acid groups (broad SMARTS) is 1. The first-order chi connectivity index (χ1) is 8.35. The van der Waals surface area contributed by atoms with Crippen molar-refractivity contribution < 1.29 is 23.1 Å². The first-order valence-corrected chi connectivity index (χ1v) is 8.66. The van der Waals surface area contributed by atoms with Gasteiger partial charge in [0.05, 0.1) is 17.4 Å². The molecule has 2 saturated heterocycles. The summed E-state index contributed by atoms with van der Waals surface area (Å²) in [6.45, 7) is 0. The molecule has 6 nitrogen and oxygen atoms in total. The minimum atomic E-state index is -3.13. The van der Waals surface area contributed by atoms with Crippen molar-refractivity contribution >= 4 is 33.5 Å². The van der Waals surface area contributed by atoms with Crippen molar-refractivity contribution in [3.05, 3.63) is 0 Å². The van der Waals surface area contributed by atoms with Crippen molar-refractivity contribution in [3.63, 3.8) is 0 Å². The lowest BCUT2D eigenvalue weighted by Crippen LogP contribution is -2.56. The summed E-state index contributed by atoms with van der Waals surface area (Å²) in [5.41, 5.74) is -1.21. The molecule has 0 aromatic rings. The van der Waals surface area contributed by atoms with Crippen LogP contribution in [-0.4, -0.2) is 54.0 Å². The molecule has 102 valence electrons. The Morgan fingerprint density at radius 1 is 1.39 bits per heavy atom. The van der Waals surface area contributed by atoms with E-state index < -0.39 is 33.2 Å². The molecule has 0 aromatic heterocycles. The molecule has 1 amide bonds. The highest BCUT2D eigenvalue weighted by atomic mass is 32.2. The lowest BCUT2D eigenvalue weighted by molar-refractivity contribution is -0.147. The van der Waals surface area contributed by atoms with Crippen LogP contribution in [0.4, 0.5) is 0 Å². The van der Waals surface area contributed by atoms with E-state index in [9.17, 15) is 23.1 Å². The lowest BCUT2D eigenvalue weighted by Gasteiger charge is -2.26. The van der Waals surface area contributed by atoms with E-state index >= 15 is 0 Å². The first-order valence-electron chi connectivity index (χ1n) is 5.68. The molecule has 0 radical (unpaired) electrons. The normalized spacial score (nSPS) is 34.3. The number of sulfone groups is 1. The van der Waals surface area contributed by atoms with Crippen LogP contribution in [0.15, 0.2) is 0 Å². The molecule has 0 spiro atoms. The Bertz CT molecular complexity index is 467. The number of thioether (sulfide) groups is 1. The summed E-state index contributed by atoms with van der Waals surface area (Å²) < 4.78 is 22.6. The Morgan fingerprint density at radius 3 is 2.56 bits per heavy atom. The standard InChI is InChI=1S/C10H15NO5S2/c12-8(7-1-4-18(15,16)5-7)11-10(9(13)14)2-3-17-6-10/h7H,1-6H2,(H,11,12)(H,13,14). The zero-order valence-corrected chi connectivity index (χ0v) is 11.3. The van der Waals surface area contributed by atoms with Gasteiger partial charge in [0.25, 0.3) is 0 Å². The molecule has 0 bridgehead atoms. The molecule has 2 rings (SSSR count). The third-order valence-corrected chi connectivity index (χ3v) is 6.35. The van der Waals surface area contributed by atoms with E-state index in [4.69, 9.17) is 0 Å². The van der Waals surface area contributed by atoms with E-state index in [0.717, 1.165) is 0 Å². The second-order valence-electron chi connectivity index (χ2n) is 4.78. The number of aliphatic carboxylic acids is 1. The summed E-state index contributed by atoms with van der Waals surface area (Å²) in [7, 11) is -3.13. The molecular weight excluding hydrogens is 278 g/mol. The predicted octanol–water partition coefficient (Wildman–Crippen LogP) is -0.502. The zero-order chi connectivity index (χ0) is 13.4. The van der Waals surface area contributed by atoms with Gasteiger partial charge in [0, 0.05) is 5.75 Å². The summed E-state index contributed by atoms with van der Waals surface area (Å²) in [6, 6.07) is 0. The van der Waals surface area contributed by atoms with Crippen LogP contribution in [0.1, 0.15) is 12.8 Å². The van der Waals surface area contributed by atoms with E-state index in [1.807, 2.05) is 0 Å². The minimum Gasteiger partial charge on any atom is -0.479 e. The fourth-order valence-corrected chi connectivity index (χ4v) is 5.29. The molecule has 0 aromatic carbocycles. The molecule has 0 aliphatic carbocycles. The maximum absolute atomic E-state index is 12.0. The average molecular weight is 293 g/mol. The number of nitrogens with one attached hydrogen (secondary N) is 1. The van der Waals surface area contributed by atoms with Gasteiger partial charge in [-0.15, -0.1) is 0 Å². The van der Waals surface area contributed by atoms with Gasteiger partial charge >= 0.3 is 5.97 Å². The van der Waals surface area contributed by atoms with E-state index in [1.165, 1.54) is 11.8 Å². The molecule has 2 aliphatic rings. The Kier molecular flexibility index (Phi) is 3.59. The van der Waals surface area contributed by atoms with Crippen LogP contribution < -0.4 is 5.32 Å². The third-order valence-electron chi connectivity index (χ3n) is 3.40. The Balaban J connectivity index is 2.05. The maximum atomic E-state index is 12.0. The van der Waals surface area contributed by atoms with E-state index in [-0.39, 0.29) is 17.9 Å². The van der Waals surface area contributed by atoms with Gasteiger partial charge in [-0.25, -0.2) is 13.2 Å². The fourth-order valence-electron chi connectivity index (χ4n) is 2.23. The molecule has 2 unspecified atom stereocenters. The number of carboxylic acids is 1. The van der Waals surface area contributed by atoms with Crippen molar-refractivity contribution in [3.8, 4) is 0 Å². The smallest absolute Gasteiger partial charge is 0.330 e. The molecule has 2 heterocycles. The summed E-state index contributed by atoms with van der Waals surface area (Å²) in [5.74, 6) is -1.20. The number of carbonyl (C=O) groups excluding carboxylic acids is 1. The second kappa shape index (κ2) is 4.73. The van der Waals surface area contributed by atoms with Gasteiger partial charge in [0.1, 0.15) is 5.54 Å². The van der Waals surface area contributed by atoms with Gasteiger partial charge in [0.2, 0.25) is 5.91 Å². The molecule has 0 saturated carbocycles. The Hall–Kier alpha value is -0.760. The van der Waals surface area contributed by atoms with Gasteiger partial charge in [-0.3, -0.25) is 4.79 Å². The van der Waals surface area contributed by atoms with E-state index in [0.29, 0.717) is 17.9 Å². The zero-order valence-electron chi connectivity index (χ0n) is 9.72. The highest BCUT2D eigenvalue weighted by Gasteiger charge is 2.45. The maximum Gasteiger partial charge on any atom is 0.330 e. The van der Waals surface area contributed by atoms with Crippen molar-refractivity contribution in [2.45, 2.75) is 18.4 Å². The molecule has 2 N–H and O–H groups in total. The van der Waals surface area contributed by atoms with Crippen LogP contribution in [0, 0.1) is 5.92 Å². The predicted molar refractivity (Wildman–Crippen MR) is 67.2 cm³/mol. The molecular formula is C10H15NO5S2. The second-order valence-corrected chi connectivity index (χ2v) is 8.11. The van der Waals surface area contributed by atoms with Gasteiger partial charge in [-0.1, -0.05) is 0 Å². The summed E-state index contributed by atoms with van der Waals surface area (Å²) >= 11 is 1.48. The monoisotopic (exact) mass is 293 g/mol. The van der Waals surface area contributed by atoms with Crippen LogP contribution in [-0.2, 0) is 19.4 Å². The van der Waals surface area contributed by atoms with Crippen molar-refractivity contribution in [1.29, 1.82) is 0 Å². The molecule has 18 heavy (non-hydrogen) atoms. The van der Waals surface area contributed by atoms with Crippen LogP contribution >= 0.6 is 11.8 Å². The van der Waals surface area contributed by atoms with Crippen molar-refractivity contribution in [2.24, 2.45) is 5.92 Å². The van der Waals surface area contributed by atoms with E-state index in [1.54, 1.807) is 0 Å². The van der Waals surface area contributed by atoms with Crippen LogP contribution in [0.5, 0.6) is 0 Å². The summed E-state index contributed by atoms with van der Waals surface area (Å²) in [4.78, 5) is 23.2. The number of rotatable bonds is 3. The van der Waals surface area contributed by atoms with Crippen molar-refractivity contribution in [2.75, 3.05) is 23.0 Å². The van der Waals surface area contributed by atoms with Gasteiger partial charge < -0.3 is 10.4 Å². The number of carbonyl (C=O) groups is 2. The third kappa shape index (κ3) is 2.64. The SMILES string of the molecule is O=C(NC1(C(=O)O)CCSC1)C1CCS(=O)(=O)C1. The number of hydrogen-bond acceptors (Lipinski definition) is 5. The quantitative estimate of drug-likeness (QED) is 0.727. The Labute approximate surface area is 109 Å². The Morgan fingerprint density at radius 2 is 2.11 bits per heavy atom. The number of hydrogen-bond donors (Lipinski definition) is 2. The molecule has 2 fully saturated rings. The first kappa shape index (κ1) is 13.7. The number of amides is 1. The molecule has 2 atom stereocenters.